The van der Waals surface area contributed by atoms with Gasteiger partial charge in [-0.05, 0) is 92.0 Å². The average molecular weight is 661 g/mol. The Morgan fingerprint density at radius 2 is 1.56 bits per heavy atom. The molecule has 1 aliphatic rings. The number of aliphatic hydroxyl groups excluding tert-OH is 1. The van der Waals surface area contributed by atoms with Crippen molar-refractivity contribution < 1.29 is 39.2 Å². The van der Waals surface area contributed by atoms with Gasteiger partial charge in [-0.15, -0.1) is 0 Å². The molecule has 1 unspecified atom stereocenters. The van der Waals surface area contributed by atoms with Crippen LogP contribution in [0, 0.1) is 17.7 Å². The van der Waals surface area contributed by atoms with Gasteiger partial charge >= 0.3 is 11.9 Å². The number of phenols is 1. The molecule has 12 heteroatoms. The molecule has 1 aliphatic heterocycles. The zero-order valence-corrected chi connectivity index (χ0v) is 25.7. The van der Waals surface area contributed by atoms with Gasteiger partial charge in [0.2, 0.25) is 5.91 Å². The molecule has 3 aromatic carbocycles. The Kier molecular flexibility index (Phi) is 12.0. The van der Waals surface area contributed by atoms with E-state index in [-0.39, 0.29) is 31.9 Å². The van der Waals surface area contributed by atoms with Crippen molar-refractivity contribution in [2.75, 3.05) is 4.90 Å². The first-order valence-electron chi connectivity index (χ1n) is 15.6. The first-order valence-corrected chi connectivity index (χ1v) is 15.6. The third-order valence-corrected chi connectivity index (χ3v) is 8.72. The topological polar surface area (TPSA) is 166 Å². The number of phenolic OH excluding ortho intramolecular Hbond substituents is 1. The summed E-state index contributed by atoms with van der Waals surface area (Å²) < 4.78 is 15.2. The van der Waals surface area contributed by atoms with Crippen LogP contribution < -0.4 is 4.90 Å². The molecule has 4 N–H and O–H groups in total. The van der Waals surface area contributed by atoms with Gasteiger partial charge in [0.05, 0.1) is 18.1 Å². The third kappa shape index (κ3) is 8.43. The SMILES string of the molecule is C.O=C(O)C(CCCc1ccc(C2[C@@H](CC[C@H](O)c3ccc(F)cc3)C(=O)N2c2ccc(CCCn3cncn3)cc2)c(O)c1)C(=O)O. The van der Waals surface area contributed by atoms with Gasteiger partial charge in [-0.3, -0.25) is 19.1 Å². The molecule has 1 fully saturated rings. The fourth-order valence-corrected chi connectivity index (χ4v) is 6.14. The molecule has 48 heavy (non-hydrogen) atoms. The van der Waals surface area contributed by atoms with E-state index in [9.17, 15) is 29.0 Å². The Hall–Kier alpha value is -5.10. The number of aryl methyl sites for hydroxylation is 3. The highest BCUT2D eigenvalue weighted by Gasteiger charge is 2.49. The van der Waals surface area contributed by atoms with E-state index in [0.717, 1.165) is 24.9 Å². The minimum absolute atomic E-state index is 0. The molecule has 0 radical (unpaired) electrons. The summed E-state index contributed by atoms with van der Waals surface area (Å²) in [5.74, 6) is -5.39. The molecule has 0 saturated carbocycles. The summed E-state index contributed by atoms with van der Waals surface area (Å²) >= 11 is 0. The van der Waals surface area contributed by atoms with E-state index in [1.807, 2.05) is 24.3 Å². The van der Waals surface area contributed by atoms with E-state index < -0.39 is 41.7 Å². The molecule has 2 heterocycles. The monoisotopic (exact) mass is 660 g/mol. The molecule has 4 aromatic rings. The lowest BCUT2D eigenvalue weighted by Crippen LogP contribution is -2.55. The molecule has 0 bridgehead atoms. The van der Waals surface area contributed by atoms with Crippen LogP contribution in [-0.2, 0) is 33.8 Å². The van der Waals surface area contributed by atoms with E-state index in [1.165, 1.54) is 30.6 Å². The van der Waals surface area contributed by atoms with Gasteiger partial charge < -0.3 is 25.3 Å². The van der Waals surface area contributed by atoms with Crippen molar-refractivity contribution in [3.05, 3.63) is 107 Å². The number of carboxylic acids is 2. The number of amides is 1. The number of halogens is 1. The number of hydrogen-bond donors (Lipinski definition) is 4. The Bertz CT molecular complexity index is 1670. The highest BCUT2D eigenvalue weighted by Crippen LogP contribution is 2.48. The van der Waals surface area contributed by atoms with Crippen LogP contribution in [0.2, 0.25) is 0 Å². The fourth-order valence-electron chi connectivity index (χ4n) is 6.14. The van der Waals surface area contributed by atoms with Crippen molar-refractivity contribution in [2.24, 2.45) is 11.8 Å². The largest absolute Gasteiger partial charge is 0.508 e. The number of aliphatic carboxylic acids is 2. The van der Waals surface area contributed by atoms with E-state index in [1.54, 1.807) is 34.1 Å². The number of carboxylic acid groups (broad SMARTS) is 2. The van der Waals surface area contributed by atoms with Crippen molar-refractivity contribution in [3.63, 3.8) is 0 Å². The molecule has 0 aliphatic carbocycles. The van der Waals surface area contributed by atoms with E-state index in [2.05, 4.69) is 10.1 Å². The number of nitrogens with zero attached hydrogens (tertiary/aromatic N) is 4. The molecule has 1 aromatic heterocycles. The maximum atomic E-state index is 13.6. The van der Waals surface area contributed by atoms with Gasteiger partial charge in [0, 0.05) is 17.8 Å². The Morgan fingerprint density at radius 1 is 0.896 bits per heavy atom. The van der Waals surface area contributed by atoms with Crippen molar-refractivity contribution in [2.45, 2.75) is 71.1 Å². The number of carbonyl (C=O) groups excluding carboxylic acids is 1. The predicted molar refractivity (Wildman–Crippen MR) is 176 cm³/mol. The molecule has 0 spiro atoms. The summed E-state index contributed by atoms with van der Waals surface area (Å²) in [6, 6.07) is 17.9. The fraction of sp³-hybridized carbons (Fsp3) is 0.361. The number of benzene rings is 3. The maximum Gasteiger partial charge on any atom is 0.317 e. The molecule has 3 atom stereocenters. The second-order valence-electron chi connectivity index (χ2n) is 11.8. The molecule has 11 nitrogen and oxygen atoms in total. The summed E-state index contributed by atoms with van der Waals surface area (Å²) in [6.45, 7) is 0.731. The first kappa shape index (κ1) is 35.7. The van der Waals surface area contributed by atoms with Crippen LogP contribution in [0.1, 0.15) is 73.9 Å². The molecule has 254 valence electrons. The number of carbonyl (C=O) groups is 3. The van der Waals surface area contributed by atoms with Crippen molar-refractivity contribution in [1.29, 1.82) is 0 Å². The second-order valence-corrected chi connectivity index (χ2v) is 11.8. The van der Waals surface area contributed by atoms with Gasteiger partial charge in [0.15, 0.2) is 5.92 Å². The lowest BCUT2D eigenvalue weighted by molar-refractivity contribution is -0.154. The Labute approximate surface area is 278 Å². The first-order chi connectivity index (χ1) is 22.6. The van der Waals surface area contributed by atoms with Crippen LogP contribution in [0.4, 0.5) is 10.1 Å². The van der Waals surface area contributed by atoms with Crippen molar-refractivity contribution in [3.8, 4) is 5.75 Å². The number of aromatic hydroxyl groups is 1. The number of β-lactam (4-membered cyclic amide) rings is 1. The normalized spacial score (nSPS) is 16.3. The average Bonchev–Trinajstić information content (AvgIpc) is 3.56. The minimum Gasteiger partial charge on any atom is -0.508 e. The molecule has 1 amide bonds. The zero-order chi connectivity index (χ0) is 33.5. The smallest absolute Gasteiger partial charge is 0.317 e. The number of rotatable bonds is 16. The minimum atomic E-state index is -1.50. The van der Waals surface area contributed by atoms with Crippen LogP contribution >= 0.6 is 0 Å². The number of aromatic nitrogens is 3. The number of aliphatic hydroxyl groups is 1. The van der Waals surface area contributed by atoms with Crippen molar-refractivity contribution >= 4 is 23.5 Å². The van der Waals surface area contributed by atoms with Crippen LogP contribution in [0.3, 0.4) is 0 Å². The third-order valence-electron chi connectivity index (χ3n) is 8.72. The lowest BCUT2D eigenvalue weighted by atomic mass is 9.77. The van der Waals surface area contributed by atoms with Crippen molar-refractivity contribution in [1.82, 2.24) is 14.8 Å². The van der Waals surface area contributed by atoms with E-state index >= 15 is 0 Å². The molecular weight excluding hydrogens is 619 g/mol. The summed E-state index contributed by atoms with van der Waals surface area (Å²) in [7, 11) is 0. The van der Waals surface area contributed by atoms with Crippen LogP contribution in [-0.4, -0.2) is 53.0 Å². The van der Waals surface area contributed by atoms with Gasteiger partial charge in [0.25, 0.3) is 0 Å². The quantitative estimate of drug-likeness (QED) is 0.0869. The molecular formula is C36H41FN4O7. The summed E-state index contributed by atoms with van der Waals surface area (Å²) in [5, 5.41) is 44.3. The Morgan fingerprint density at radius 3 is 2.19 bits per heavy atom. The van der Waals surface area contributed by atoms with Crippen LogP contribution in [0.25, 0.3) is 0 Å². The summed E-state index contributed by atoms with van der Waals surface area (Å²) in [6.07, 6.45) is 5.13. The zero-order valence-electron chi connectivity index (χ0n) is 25.7. The van der Waals surface area contributed by atoms with Gasteiger partial charge in [-0.2, -0.15) is 5.10 Å². The van der Waals surface area contributed by atoms with Crippen LogP contribution in [0.15, 0.2) is 79.4 Å². The van der Waals surface area contributed by atoms with Crippen LogP contribution in [0.5, 0.6) is 5.75 Å². The van der Waals surface area contributed by atoms with Gasteiger partial charge in [-0.1, -0.05) is 43.8 Å². The highest BCUT2D eigenvalue weighted by molar-refractivity contribution is 6.03. The van der Waals surface area contributed by atoms with Gasteiger partial charge in [-0.25, -0.2) is 9.37 Å². The Balaban J connectivity index is 0.00000520. The lowest BCUT2D eigenvalue weighted by Gasteiger charge is -2.48. The number of hydrogen-bond acceptors (Lipinski definition) is 7. The highest BCUT2D eigenvalue weighted by atomic mass is 19.1. The number of anilines is 1. The molecule has 5 rings (SSSR count). The predicted octanol–water partition coefficient (Wildman–Crippen LogP) is 5.72. The van der Waals surface area contributed by atoms with E-state index in [4.69, 9.17) is 10.2 Å². The summed E-state index contributed by atoms with van der Waals surface area (Å²) in [5.41, 5.74) is 3.55. The van der Waals surface area contributed by atoms with E-state index in [0.29, 0.717) is 41.6 Å². The second kappa shape index (κ2) is 16.1. The molecule has 1 saturated heterocycles. The van der Waals surface area contributed by atoms with Gasteiger partial charge in [0.1, 0.15) is 24.2 Å². The summed E-state index contributed by atoms with van der Waals surface area (Å²) in [4.78, 5) is 41.6. The standard InChI is InChI=1S/C35H37FN4O7.CH4/c36-25-11-9-24(10-12-25)30(41)17-16-28-32(27-15-8-23(19-31(27)42)3-1-5-29(34(44)45)35(46)47)40(33(28)43)26-13-6-22(7-14-26)4-2-18-39-21-37-20-38-39;/h6-15,19-21,28-30,32,41-42H,1-5,16-18H2,(H,44,45)(H,46,47);1H4/t28-,30+,32?;/m1./s1. The maximum absolute atomic E-state index is 13.6.